The fourth-order valence-corrected chi connectivity index (χ4v) is 1.43. The van der Waals surface area contributed by atoms with Crippen LogP contribution in [0.15, 0.2) is 30.6 Å². The SMILES string of the molecule is Cc1cnc(C(=O)Oc2ccc(C)c(C)c2)cn1. The Morgan fingerprint density at radius 1 is 1.06 bits per heavy atom. The van der Waals surface area contributed by atoms with Crippen LogP contribution in [0.4, 0.5) is 0 Å². The highest BCUT2D eigenvalue weighted by Gasteiger charge is 2.10. The summed E-state index contributed by atoms with van der Waals surface area (Å²) in [5, 5.41) is 0. The maximum atomic E-state index is 11.8. The topological polar surface area (TPSA) is 52.1 Å². The van der Waals surface area contributed by atoms with Crippen molar-refractivity contribution in [1.29, 1.82) is 0 Å². The number of hydrogen-bond donors (Lipinski definition) is 0. The molecule has 2 rings (SSSR count). The molecule has 2 aromatic rings. The van der Waals surface area contributed by atoms with Crippen molar-refractivity contribution in [3.05, 3.63) is 53.1 Å². The van der Waals surface area contributed by atoms with Gasteiger partial charge in [-0.15, -0.1) is 0 Å². The Labute approximate surface area is 106 Å². The van der Waals surface area contributed by atoms with Crippen LogP contribution in [0, 0.1) is 20.8 Å². The first-order chi connectivity index (χ1) is 8.56. The highest BCUT2D eigenvalue weighted by molar-refractivity contribution is 5.88. The molecule has 18 heavy (non-hydrogen) atoms. The summed E-state index contributed by atoms with van der Waals surface area (Å²) in [4.78, 5) is 19.8. The third-order valence-electron chi connectivity index (χ3n) is 2.68. The third-order valence-corrected chi connectivity index (χ3v) is 2.68. The number of aryl methyl sites for hydroxylation is 3. The van der Waals surface area contributed by atoms with Crippen LogP contribution in [-0.4, -0.2) is 15.9 Å². The number of carbonyl (C=O) groups is 1. The van der Waals surface area contributed by atoms with Gasteiger partial charge in [0, 0.05) is 6.20 Å². The lowest BCUT2D eigenvalue weighted by Gasteiger charge is -2.06. The monoisotopic (exact) mass is 242 g/mol. The zero-order chi connectivity index (χ0) is 13.1. The van der Waals surface area contributed by atoms with Gasteiger partial charge in [-0.25, -0.2) is 9.78 Å². The summed E-state index contributed by atoms with van der Waals surface area (Å²) in [5.74, 6) is 0.0243. The minimum Gasteiger partial charge on any atom is -0.422 e. The summed E-state index contributed by atoms with van der Waals surface area (Å²) in [6.07, 6.45) is 2.95. The molecule has 92 valence electrons. The Morgan fingerprint density at radius 3 is 2.44 bits per heavy atom. The van der Waals surface area contributed by atoms with Crippen molar-refractivity contribution in [3.63, 3.8) is 0 Å². The molecule has 0 radical (unpaired) electrons. The van der Waals surface area contributed by atoms with Gasteiger partial charge in [-0.2, -0.15) is 0 Å². The Kier molecular flexibility index (Phi) is 3.37. The zero-order valence-electron chi connectivity index (χ0n) is 10.6. The maximum Gasteiger partial charge on any atom is 0.363 e. The van der Waals surface area contributed by atoms with Crippen molar-refractivity contribution in [3.8, 4) is 5.75 Å². The summed E-state index contributed by atoms with van der Waals surface area (Å²) >= 11 is 0. The van der Waals surface area contributed by atoms with Gasteiger partial charge in [-0.05, 0) is 44.0 Å². The van der Waals surface area contributed by atoms with Crippen LogP contribution < -0.4 is 4.74 Å². The van der Waals surface area contributed by atoms with E-state index in [1.165, 1.54) is 12.4 Å². The van der Waals surface area contributed by atoms with Crippen LogP contribution >= 0.6 is 0 Å². The van der Waals surface area contributed by atoms with E-state index in [0.717, 1.165) is 16.8 Å². The number of hydrogen-bond acceptors (Lipinski definition) is 4. The maximum absolute atomic E-state index is 11.8. The number of carbonyl (C=O) groups excluding carboxylic acids is 1. The third kappa shape index (κ3) is 2.71. The molecule has 0 aliphatic rings. The van der Waals surface area contributed by atoms with E-state index in [-0.39, 0.29) is 5.69 Å². The van der Waals surface area contributed by atoms with Crippen LogP contribution in [0.2, 0.25) is 0 Å². The van der Waals surface area contributed by atoms with Gasteiger partial charge in [0.25, 0.3) is 0 Å². The lowest BCUT2D eigenvalue weighted by molar-refractivity contribution is 0.0728. The first kappa shape index (κ1) is 12.2. The molecule has 1 aromatic heterocycles. The van der Waals surface area contributed by atoms with Crippen molar-refractivity contribution in [2.45, 2.75) is 20.8 Å². The Bertz CT molecular complexity index is 577. The van der Waals surface area contributed by atoms with E-state index in [2.05, 4.69) is 9.97 Å². The number of nitrogens with zero attached hydrogens (tertiary/aromatic N) is 2. The average Bonchev–Trinajstić information content (AvgIpc) is 2.34. The number of ether oxygens (including phenoxy) is 1. The molecule has 0 saturated carbocycles. The molecule has 0 amide bonds. The van der Waals surface area contributed by atoms with Crippen molar-refractivity contribution in [2.24, 2.45) is 0 Å². The first-order valence-electron chi connectivity index (χ1n) is 5.64. The van der Waals surface area contributed by atoms with Crippen LogP contribution in [-0.2, 0) is 0 Å². The smallest absolute Gasteiger partial charge is 0.363 e. The first-order valence-corrected chi connectivity index (χ1v) is 5.64. The molecular formula is C14H14N2O2. The van der Waals surface area contributed by atoms with Gasteiger partial charge in [0.1, 0.15) is 5.75 Å². The number of rotatable bonds is 2. The van der Waals surface area contributed by atoms with Crippen molar-refractivity contribution in [1.82, 2.24) is 9.97 Å². The second-order valence-electron chi connectivity index (χ2n) is 4.18. The van der Waals surface area contributed by atoms with Gasteiger partial charge < -0.3 is 4.74 Å². The molecule has 1 heterocycles. The predicted molar refractivity (Wildman–Crippen MR) is 67.6 cm³/mol. The van der Waals surface area contributed by atoms with E-state index in [0.29, 0.717) is 5.75 Å². The van der Waals surface area contributed by atoms with E-state index >= 15 is 0 Å². The Balaban J connectivity index is 2.16. The summed E-state index contributed by atoms with van der Waals surface area (Å²) in [7, 11) is 0. The molecule has 0 spiro atoms. The largest absolute Gasteiger partial charge is 0.422 e. The normalized spacial score (nSPS) is 10.2. The van der Waals surface area contributed by atoms with Gasteiger partial charge >= 0.3 is 5.97 Å². The molecule has 4 nitrogen and oxygen atoms in total. The van der Waals surface area contributed by atoms with Crippen LogP contribution in [0.5, 0.6) is 5.75 Å². The molecule has 0 fully saturated rings. The van der Waals surface area contributed by atoms with Gasteiger partial charge in [0.05, 0.1) is 11.9 Å². The van der Waals surface area contributed by atoms with E-state index < -0.39 is 5.97 Å². The van der Waals surface area contributed by atoms with Crippen molar-refractivity contribution >= 4 is 5.97 Å². The van der Waals surface area contributed by atoms with Crippen LogP contribution in [0.25, 0.3) is 0 Å². The highest BCUT2D eigenvalue weighted by atomic mass is 16.5. The van der Waals surface area contributed by atoms with E-state index in [1.807, 2.05) is 32.9 Å². The second-order valence-corrected chi connectivity index (χ2v) is 4.18. The fourth-order valence-electron chi connectivity index (χ4n) is 1.43. The standard InChI is InChI=1S/C14H14N2O2/c1-9-4-5-12(6-10(9)2)18-14(17)13-8-15-11(3)7-16-13/h4-8H,1-3H3. The summed E-state index contributed by atoms with van der Waals surface area (Å²) in [5.41, 5.74) is 3.21. The molecule has 0 N–H and O–H groups in total. The molecular weight excluding hydrogens is 228 g/mol. The van der Waals surface area contributed by atoms with Gasteiger partial charge in [0.15, 0.2) is 5.69 Å². The summed E-state index contributed by atoms with van der Waals surface area (Å²) in [6.45, 7) is 5.79. The van der Waals surface area contributed by atoms with Gasteiger partial charge in [-0.1, -0.05) is 6.07 Å². The van der Waals surface area contributed by atoms with E-state index in [4.69, 9.17) is 4.74 Å². The summed E-state index contributed by atoms with van der Waals surface area (Å²) < 4.78 is 5.23. The molecule has 0 atom stereocenters. The Hall–Kier alpha value is -2.23. The van der Waals surface area contributed by atoms with E-state index in [1.54, 1.807) is 6.07 Å². The minimum atomic E-state index is -0.495. The van der Waals surface area contributed by atoms with Crippen LogP contribution in [0.3, 0.4) is 0 Å². The predicted octanol–water partition coefficient (Wildman–Crippen LogP) is 2.62. The highest BCUT2D eigenvalue weighted by Crippen LogP contribution is 2.17. The fraction of sp³-hybridized carbons (Fsp3) is 0.214. The average molecular weight is 242 g/mol. The molecule has 0 saturated heterocycles. The molecule has 1 aromatic carbocycles. The number of aromatic nitrogens is 2. The van der Waals surface area contributed by atoms with Gasteiger partial charge in [-0.3, -0.25) is 4.98 Å². The summed E-state index contributed by atoms with van der Waals surface area (Å²) in [6, 6.07) is 5.51. The molecule has 0 unspecified atom stereocenters. The number of esters is 1. The second kappa shape index (κ2) is 4.96. The molecule has 0 aliphatic heterocycles. The van der Waals surface area contributed by atoms with E-state index in [9.17, 15) is 4.79 Å². The van der Waals surface area contributed by atoms with Crippen LogP contribution in [0.1, 0.15) is 27.3 Å². The number of benzene rings is 1. The van der Waals surface area contributed by atoms with Crippen molar-refractivity contribution in [2.75, 3.05) is 0 Å². The quantitative estimate of drug-likeness (QED) is 0.600. The molecule has 0 bridgehead atoms. The lowest BCUT2D eigenvalue weighted by atomic mass is 10.1. The van der Waals surface area contributed by atoms with Gasteiger partial charge in [0.2, 0.25) is 0 Å². The zero-order valence-corrected chi connectivity index (χ0v) is 10.6. The van der Waals surface area contributed by atoms with Crippen molar-refractivity contribution < 1.29 is 9.53 Å². The lowest BCUT2D eigenvalue weighted by Crippen LogP contribution is -2.11. The molecule has 4 heteroatoms. The molecule has 0 aliphatic carbocycles. The minimum absolute atomic E-state index is 0.207. The Morgan fingerprint density at radius 2 is 1.83 bits per heavy atom.